The molecule has 0 bridgehead atoms. The molecule has 5 nitrogen and oxygen atoms in total. The zero-order valence-corrected chi connectivity index (χ0v) is 10.0. The highest BCUT2D eigenvalue weighted by Crippen LogP contribution is 2.16. The molecule has 1 unspecified atom stereocenters. The number of carboxylic acid groups (broad SMARTS) is 1. The largest absolute Gasteiger partial charge is 0.480 e. The second-order valence-electron chi connectivity index (χ2n) is 4.37. The molecule has 0 aromatic rings. The van der Waals surface area contributed by atoms with Crippen LogP contribution in [-0.4, -0.2) is 48.1 Å². The number of hydrogen-bond acceptors (Lipinski definition) is 3. The van der Waals surface area contributed by atoms with Gasteiger partial charge in [0.15, 0.2) is 0 Å². The van der Waals surface area contributed by atoms with Crippen molar-refractivity contribution in [3.8, 4) is 0 Å². The Kier molecular flexibility index (Phi) is 5.69. The van der Waals surface area contributed by atoms with E-state index in [0.717, 1.165) is 25.9 Å². The van der Waals surface area contributed by atoms with Crippen molar-refractivity contribution in [2.24, 2.45) is 5.92 Å². The Morgan fingerprint density at radius 3 is 2.94 bits per heavy atom. The summed E-state index contributed by atoms with van der Waals surface area (Å²) in [4.78, 5) is 23.9. The predicted octanol–water partition coefficient (Wildman–Crippen LogP) is 0.475. The van der Waals surface area contributed by atoms with Crippen molar-refractivity contribution < 1.29 is 14.7 Å². The third kappa shape index (κ3) is 4.99. The molecule has 1 rings (SSSR count). The van der Waals surface area contributed by atoms with Crippen LogP contribution in [0.1, 0.15) is 19.3 Å². The highest BCUT2D eigenvalue weighted by molar-refractivity contribution is 5.77. The first-order valence-electron chi connectivity index (χ1n) is 5.94. The van der Waals surface area contributed by atoms with E-state index in [1.54, 1.807) is 6.08 Å². The van der Waals surface area contributed by atoms with Crippen LogP contribution in [0.4, 0.5) is 0 Å². The molecule has 0 aromatic carbocycles. The number of carbonyl (C=O) groups is 2. The molecule has 2 N–H and O–H groups in total. The van der Waals surface area contributed by atoms with Crippen LogP contribution in [0.15, 0.2) is 12.7 Å². The van der Waals surface area contributed by atoms with Crippen molar-refractivity contribution in [3.63, 3.8) is 0 Å². The number of amides is 1. The first-order chi connectivity index (χ1) is 8.13. The van der Waals surface area contributed by atoms with Gasteiger partial charge < -0.3 is 15.3 Å². The van der Waals surface area contributed by atoms with Gasteiger partial charge in [0.1, 0.15) is 0 Å². The molecule has 0 spiro atoms. The van der Waals surface area contributed by atoms with E-state index in [1.807, 2.05) is 4.90 Å². The Hall–Kier alpha value is -1.36. The molecule has 5 heteroatoms. The second-order valence-corrected chi connectivity index (χ2v) is 4.37. The molecule has 1 saturated heterocycles. The summed E-state index contributed by atoms with van der Waals surface area (Å²) in [6, 6.07) is 0. The van der Waals surface area contributed by atoms with Gasteiger partial charge in [0, 0.05) is 26.1 Å². The van der Waals surface area contributed by atoms with Crippen molar-refractivity contribution in [1.82, 2.24) is 10.2 Å². The summed E-state index contributed by atoms with van der Waals surface area (Å²) in [5, 5.41) is 11.4. The molecule has 1 heterocycles. The Morgan fingerprint density at radius 1 is 1.53 bits per heavy atom. The molecule has 17 heavy (non-hydrogen) atoms. The van der Waals surface area contributed by atoms with Crippen LogP contribution in [0.2, 0.25) is 0 Å². The summed E-state index contributed by atoms with van der Waals surface area (Å²) in [6.07, 6.45) is 4.04. The van der Waals surface area contributed by atoms with E-state index in [1.165, 1.54) is 0 Å². The zero-order chi connectivity index (χ0) is 12.7. The number of carbonyl (C=O) groups excluding carboxylic acids is 1. The number of rotatable bonds is 6. The minimum atomic E-state index is -0.847. The van der Waals surface area contributed by atoms with E-state index in [0.29, 0.717) is 18.9 Å². The van der Waals surface area contributed by atoms with Crippen molar-refractivity contribution in [1.29, 1.82) is 0 Å². The molecule has 1 fully saturated rings. The maximum Gasteiger partial charge on any atom is 0.317 e. The highest BCUT2D eigenvalue weighted by Gasteiger charge is 2.22. The molecule has 1 atom stereocenters. The molecular formula is C12H20N2O3. The quantitative estimate of drug-likeness (QED) is 0.662. The number of piperidine rings is 1. The van der Waals surface area contributed by atoms with Crippen LogP contribution >= 0.6 is 0 Å². The van der Waals surface area contributed by atoms with Crippen molar-refractivity contribution in [2.45, 2.75) is 19.3 Å². The molecule has 0 aromatic heterocycles. The van der Waals surface area contributed by atoms with Crippen LogP contribution in [0.5, 0.6) is 0 Å². The number of hydrogen-bond donors (Lipinski definition) is 2. The molecular weight excluding hydrogens is 220 g/mol. The normalized spacial score (nSPS) is 20.0. The molecule has 0 saturated carbocycles. The van der Waals surface area contributed by atoms with Crippen molar-refractivity contribution >= 4 is 11.9 Å². The van der Waals surface area contributed by atoms with E-state index >= 15 is 0 Å². The van der Waals surface area contributed by atoms with Crippen LogP contribution in [-0.2, 0) is 9.59 Å². The lowest BCUT2D eigenvalue weighted by Crippen LogP contribution is -2.43. The average molecular weight is 240 g/mol. The Morgan fingerprint density at radius 2 is 2.29 bits per heavy atom. The topological polar surface area (TPSA) is 69.6 Å². The van der Waals surface area contributed by atoms with Gasteiger partial charge >= 0.3 is 5.97 Å². The van der Waals surface area contributed by atoms with Crippen LogP contribution < -0.4 is 5.32 Å². The summed E-state index contributed by atoms with van der Waals surface area (Å²) in [6.45, 7) is 5.73. The van der Waals surface area contributed by atoms with Crippen LogP contribution in [0.25, 0.3) is 0 Å². The first kappa shape index (κ1) is 13.7. The first-order valence-corrected chi connectivity index (χ1v) is 5.94. The third-order valence-corrected chi connectivity index (χ3v) is 2.90. The third-order valence-electron chi connectivity index (χ3n) is 2.90. The van der Waals surface area contributed by atoms with Crippen molar-refractivity contribution in [3.05, 3.63) is 12.7 Å². The summed E-state index contributed by atoms with van der Waals surface area (Å²) >= 11 is 0. The fourth-order valence-electron chi connectivity index (χ4n) is 2.09. The number of carboxylic acids is 1. The smallest absolute Gasteiger partial charge is 0.317 e. The average Bonchev–Trinajstić information content (AvgIpc) is 2.29. The lowest BCUT2D eigenvalue weighted by molar-refractivity contribution is -0.136. The van der Waals surface area contributed by atoms with Crippen LogP contribution in [0.3, 0.4) is 0 Å². The van der Waals surface area contributed by atoms with Gasteiger partial charge in [0.25, 0.3) is 0 Å². The van der Waals surface area contributed by atoms with E-state index in [4.69, 9.17) is 5.11 Å². The molecule has 1 aliphatic rings. The standard InChI is InChI=1S/C12H20N2O3/c1-2-4-11(15)14-6-3-5-10(9-14)7-13-8-12(16)17/h2,10,13H,1,3-9H2,(H,16,17). The van der Waals surface area contributed by atoms with E-state index in [9.17, 15) is 9.59 Å². The van der Waals surface area contributed by atoms with Gasteiger partial charge in [0.2, 0.25) is 5.91 Å². The molecule has 0 aliphatic carbocycles. The lowest BCUT2D eigenvalue weighted by atomic mass is 9.97. The van der Waals surface area contributed by atoms with Gasteiger partial charge in [-0.15, -0.1) is 6.58 Å². The fourth-order valence-corrected chi connectivity index (χ4v) is 2.09. The SMILES string of the molecule is C=CCC(=O)N1CCCC(CNCC(=O)O)C1. The Balaban J connectivity index is 2.30. The Labute approximate surface area is 101 Å². The van der Waals surface area contributed by atoms with Gasteiger partial charge in [-0.1, -0.05) is 6.08 Å². The Bertz CT molecular complexity index is 291. The summed E-state index contributed by atoms with van der Waals surface area (Å²) in [5.41, 5.74) is 0. The van der Waals surface area contributed by atoms with Crippen molar-refractivity contribution in [2.75, 3.05) is 26.2 Å². The van der Waals surface area contributed by atoms with E-state index < -0.39 is 5.97 Å². The van der Waals surface area contributed by atoms with Gasteiger partial charge in [-0.3, -0.25) is 9.59 Å². The molecule has 96 valence electrons. The fraction of sp³-hybridized carbons (Fsp3) is 0.667. The summed E-state index contributed by atoms with van der Waals surface area (Å²) < 4.78 is 0. The summed E-state index contributed by atoms with van der Waals surface area (Å²) in [7, 11) is 0. The summed E-state index contributed by atoms with van der Waals surface area (Å²) in [5.74, 6) is -0.375. The van der Waals surface area contributed by atoms with Gasteiger partial charge in [0.05, 0.1) is 6.54 Å². The molecule has 1 aliphatic heterocycles. The molecule has 0 radical (unpaired) electrons. The van der Waals surface area contributed by atoms with E-state index in [-0.39, 0.29) is 12.5 Å². The molecule has 1 amide bonds. The number of aliphatic carboxylic acids is 1. The van der Waals surface area contributed by atoms with Gasteiger partial charge in [-0.25, -0.2) is 0 Å². The minimum absolute atomic E-state index is 0.0168. The zero-order valence-electron chi connectivity index (χ0n) is 10.0. The van der Waals surface area contributed by atoms with E-state index in [2.05, 4.69) is 11.9 Å². The monoisotopic (exact) mass is 240 g/mol. The number of nitrogens with one attached hydrogen (secondary N) is 1. The van der Waals surface area contributed by atoms with Crippen LogP contribution in [0, 0.1) is 5.92 Å². The number of nitrogens with zero attached hydrogens (tertiary/aromatic N) is 1. The number of likely N-dealkylation sites (tertiary alicyclic amines) is 1. The van der Waals surface area contributed by atoms with Gasteiger partial charge in [-0.2, -0.15) is 0 Å². The predicted molar refractivity (Wildman–Crippen MR) is 64.6 cm³/mol. The highest BCUT2D eigenvalue weighted by atomic mass is 16.4. The maximum absolute atomic E-state index is 11.7. The minimum Gasteiger partial charge on any atom is -0.480 e. The lowest BCUT2D eigenvalue weighted by Gasteiger charge is -2.32. The maximum atomic E-state index is 11.7. The second kappa shape index (κ2) is 7.06. The van der Waals surface area contributed by atoms with Gasteiger partial charge in [-0.05, 0) is 18.8 Å².